The number of hydrogen-bond donors (Lipinski definition) is 1. The van der Waals surface area contributed by atoms with Crippen molar-refractivity contribution in [2.45, 2.75) is 27.2 Å². The van der Waals surface area contributed by atoms with Gasteiger partial charge in [0.15, 0.2) is 0 Å². The van der Waals surface area contributed by atoms with Crippen LogP contribution < -0.4 is 5.43 Å². The van der Waals surface area contributed by atoms with Gasteiger partial charge in [-0.3, -0.25) is 0 Å². The zero-order valence-electron chi connectivity index (χ0n) is 8.54. The average molecular weight is 179 g/mol. The van der Waals surface area contributed by atoms with Crippen LogP contribution in [0.4, 0.5) is 0 Å². The Morgan fingerprint density at radius 3 is 3.00 bits per heavy atom. The average Bonchev–Trinajstić information content (AvgIpc) is 2.47. The lowest BCUT2D eigenvalue weighted by molar-refractivity contribution is 0.229. The van der Waals surface area contributed by atoms with Crippen molar-refractivity contribution in [3.8, 4) is 0 Å². The van der Waals surface area contributed by atoms with E-state index in [2.05, 4.69) is 37.4 Å². The summed E-state index contributed by atoms with van der Waals surface area (Å²) >= 11 is 0. The van der Waals surface area contributed by atoms with Crippen LogP contribution in [0.15, 0.2) is 12.3 Å². The highest BCUT2D eigenvalue weighted by Gasteiger charge is 2.28. The highest BCUT2D eigenvalue weighted by Crippen LogP contribution is 2.30. The Hall–Kier alpha value is -0.990. The highest BCUT2D eigenvalue weighted by atomic mass is 15.6. The molecule has 0 aliphatic carbocycles. The van der Waals surface area contributed by atoms with E-state index in [9.17, 15) is 0 Å². The van der Waals surface area contributed by atoms with E-state index in [1.807, 2.05) is 11.0 Å². The molecule has 0 radical (unpaired) electrons. The van der Waals surface area contributed by atoms with Crippen LogP contribution in [0, 0.1) is 11.3 Å². The van der Waals surface area contributed by atoms with E-state index >= 15 is 0 Å². The first kappa shape index (κ1) is 8.60. The van der Waals surface area contributed by atoms with E-state index in [0.717, 1.165) is 13.0 Å². The minimum Gasteiger partial charge on any atom is -0.309 e. The van der Waals surface area contributed by atoms with Gasteiger partial charge < -0.3 is 5.43 Å². The first-order valence-electron chi connectivity index (χ1n) is 4.84. The van der Waals surface area contributed by atoms with Crippen molar-refractivity contribution < 1.29 is 0 Å². The highest BCUT2D eigenvalue weighted by molar-refractivity contribution is 5.08. The summed E-state index contributed by atoms with van der Waals surface area (Å²) in [6.45, 7) is 7.92. The molecule has 0 saturated heterocycles. The second kappa shape index (κ2) is 2.76. The molecule has 0 spiro atoms. The van der Waals surface area contributed by atoms with E-state index in [-0.39, 0.29) is 0 Å². The molecule has 1 aromatic rings. The molecule has 0 aromatic carbocycles. The summed E-state index contributed by atoms with van der Waals surface area (Å²) in [7, 11) is 0. The molecule has 2 rings (SSSR count). The first-order chi connectivity index (χ1) is 6.07. The standard InChI is InChI=1S/C10H17N3/c1-10(2,3)8-6-9-4-5-11-13(9)12-7-8/h4-5,8,12H,6-7H2,1-3H3. The van der Waals surface area contributed by atoms with Gasteiger partial charge in [0.25, 0.3) is 0 Å². The molecule has 0 bridgehead atoms. The minimum atomic E-state index is 0.377. The van der Waals surface area contributed by atoms with Gasteiger partial charge in [-0.05, 0) is 23.8 Å². The van der Waals surface area contributed by atoms with Crippen LogP contribution in [0.2, 0.25) is 0 Å². The summed E-state index contributed by atoms with van der Waals surface area (Å²) in [5.74, 6) is 0.705. The second-order valence-corrected chi connectivity index (χ2v) is 4.86. The lowest BCUT2D eigenvalue weighted by Gasteiger charge is -2.34. The fourth-order valence-corrected chi connectivity index (χ4v) is 1.76. The summed E-state index contributed by atoms with van der Waals surface area (Å²) in [4.78, 5) is 1.89. The minimum absolute atomic E-state index is 0.377. The van der Waals surface area contributed by atoms with Crippen molar-refractivity contribution in [2.75, 3.05) is 12.0 Å². The zero-order chi connectivity index (χ0) is 9.47. The summed E-state index contributed by atoms with van der Waals surface area (Å²) < 4.78 is 0. The number of aromatic nitrogens is 2. The lowest BCUT2D eigenvalue weighted by Crippen LogP contribution is -2.38. The second-order valence-electron chi connectivity index (χ2n) is 4.86. The SMILES string of the molecule is CC(C)(C)C1CNn2nccc2C1. The van der Waals surface area contributed by atoms with E-state index < -0.39 is 0 Å². The van der Waals surface area contributed by atoms with E-state index in [1.165, 1.54) is 5.69 Å². The summed E-state index contributed by atoms with van der Waals surface area (Å²) in [6, 6.07) is 2.09. The molecule has 0 amide bonds. The van der Waals surface area contributed by atoms with Crippen molar-refractivity contribution >= 4 is 0 Å². The van der Waals surface area contributed by atoms with Crippen molar-refractivity contribution in [3.05, 3.63) is 18.0 Å². The molecule has 2 heterocycles. The molecule has 1 aromatic heterocycles. The van der Waals surface area contributed by atoms with Crippen LogP contribution in [0.1, 0.15) is 26.5 Å². The number of rotatable bonds is 0. The zero-order valence-corrected chi connectivity index (χ0v) is 8.54. The third-order valence-corrected chi connectivity index (χ3v) is 2.89. The Balaban J connectivity index is 2.18. The third-order valence-electron chi connectivity index (χ3n) is 2.89. The number of nitrogens with zero attached hydrogens (tertiary/aromatic N) is 2. The van der Waals surface area contributed by atoms with Crippen LogP contribution in [0.25, 0.3) is 0 Å². The summed E-state index contributed by atoms with van der Waals surface area (Å²) in [5.41, 5.74) is 4.98. The quantitative estimate of drug-likeness (QED) is 0.656. The smallest absolute Gasteiger partial charge is 0.0623 e. The van der Waals surface area contributed by atoms with Crippen LogP contribution in [-0.2, 0) is 6.42 Å². The molecule has 72 valence electrons. The summed E-state index contributed by atoms with van der Waals surface area (Å²) in [6.07, 6.45) is 2.99. The molecule has 1 N–H and O–H groups in total. The predicted molar refractivity (Wildman–Crippen MR) is 53.1 cm³/mol. The largest absolute Gasteiger partial charge is 0.309 e. The van der Waals surface area contributed by atoms with Crippen LogP contribution in [-0.4, -0.2) is 16.4 Å². The van der Waals surface area contributed by atoms with Crippen LogP contribution >= 0.6 is 0 Å². The molecule has 13 heavy (non-hydrogen) atoms. The predicted octanol–water partition coefficient (Wildman–Crippen LogP) is 1.64. The molecule has 1 unspecified atom stereocenters. The normalized spacial score (nSPS) is 22.2. The van der Waals surface area contributed by atoms with Crippen molar-refractivity contribution in [1.82, 2.24) is 9.89 Å². The van der Waals surface area contributed by atoms with Gasteiger partial charge in [0, 0.05) is 6.54 Å². The number of hydrogen-bond acceptors (Lipinski definition) is 2. The fraction of sp³-hybridized carbons (Fsp3) is 0.700. The van der Waals surface area contributed by atoms with Gasteiger partial charge >= 0.3 is 0 Å². The van der Waals surface area contributed by atoms with Crippen LogP contribution in [0.3, 0.4) is 0 Å². The van der Waals surface area contributed by atoms with Crippen molar-refractivity contribution in [1.29, 1.82) is 0 Å². The van der Waals surface area contributed by atoms with Crippen molar-refractivity contribution in [2.24, 2.45) is 11.3 Å². The molecule has 0 saturated carbocycles. The van der Waals surface area contributed by atoms with Gasteiger partial charge in [0.05, 0.1) is 11.9 Å². The first-order valence-corrected chi connectivity index (χ1v) is 4.84. The maximum absolute atomic E-state index is 4.18. The maximum Gasteiger partial charge on any atom is 0.0623 e. The molecular formula is C10H17N3. The summed E-state index contributed by atoms with van der Waals surface area (Å²) in [5, 5.41) is 4.18. The van der Waals surface area contributed by atoms with Crippen molar-refractivity contribution in [3.63, 3.8) is 0 Å². The maximum atomic E-state index is 4.18. The number of nitrogens with one attached hydrogen (secondary N) is 1. The van der Waals surface area contributed by atoms with E-state index in [4.69, 9.17) is 0 Å². The molecule has 1 aliphatic rings. The topological polar surface area (TPSA) is 29.9 Å². The van der Waals surface area contributed by atoms with E-state index in [1.54, 1.807) is 0 Å². The van der Waals surface area contributed by atoms with Gasteiger partial charge in [-0.25, -0.2) is 0 Å². The molecule has 0 fully saturated rings. The Kier molecular flexibility index (Phi) is 1.82. The number of fused-ring (bicyclic) bond motifs is 1. The molecular weight excluding hydrogens is 162 g/mol. The molecule has 3 heteroatoms. The molecule has 3 nitrogen and oxygen atoms in total. The fourth-order valence-electron chi connectivity index (χ4n) is 1.76. The molecule has 1 aliphatic heterocycles. The Morgan fingerprint density at radius 1 is 1.54 bits per heavy atom. The Morgan fingerprint density at radius 2 is 2.31 bits per heavy atom. The van der Waals surface area contributed by atoms with E-state index in [0.29, 0.717) is 11.3 Å². The third kappa shape index (κ3) is 1.55. The molecule has 1 atom stereocenters. The van der Waals surface area contributed by atoms with Gasteiger partial charge in [0.1, 0.15) is 0 Å². The lowest BCUT2D eigenvalue weighted by atomic mass is 9.77. The van der Waals surface area contributed by atoms with Gasteiger partial charge in [-0.2, -0.15) is 9.89 Å². The Bertz CT molecular complexity index is 295. The van der Waals surface area contributed by atoms with Gasteiger partial charge in [0.2, 0.25) is 0 Å². The van der Waals surface area contributed by atoms with Crippen LogP contribution in [0.5, 0.6) is 0 Å². The van der Waals surface area contributed by atoms with Gasteiger partial charge in [-0.1, -0.05) is 20.8 Å². The monoisotopic (exact) mass is 179 g/mol. The Labute approximate surface area is 79.1 Å². The van der Waals surface area contributed by atoms with Gasteiger partial charge in [-0.15, -0.1) is 0 Å².